The lowest BCUT2D eigenvalue weighted by molar-refractivity contribution is -0.384. The van der Waals surface area contributed by atoms with Gasteiger partial charge < -0.3 is 5.11 Å². The van der Waals surface area contributed by atoms with Crippen molar-refractivity contribution in [3.63, 3.8) is 0 Å². The van der Waals surface area contributed by atoms with Crippen LogP contribution in [0.2, 0.25) is 0 Å². The molecule has 6 nitrogen and oxygen atoms in total. The number of allylic oxidation sites excluding steroid dienone is 1. The number of rotatable bonds is 4. The number of hydrogen-bond donors (Lipinski definition) is 1. The zero-order valence-electron chi connectivity index (χ0n) is 24.6. The topological polar surface area (TPSA) is 79.0 Å². The third kappa shape index (κ3) is 4.19. The van der Waals surface area contributed by atoms with Gasteiger partial charge in [0.2, 0.25) is 0 Å². The highest BCUT2D eigenvalue weighted by Crippen LogP contribution is 2.67. The van der Waals surface area contributed by atoms with E-state index in [0.29, 0.717) is 29.4 Å². The van der Waals surface area contributed by atoms with Gasteiger partial charge in [-0.15, -0.1) is 0 Å². The Labute approximate surface area is 243 Å². The first-order valence-electron chi connectivity index (χ1n) is 15.7. The largest absolute Gasteiger partial charge is 0.393 e. The summed E-state index contributed by atoms with van der Waals surface area (Å²) in [5.41, 5.74) is 6.26. The van der Waals surface area contributed by atoms with Crippen LogP contribution in [-0.4, -0.2) is 21.8 Å². The van der Waals surface area contributed by atoms with E-state index in [4.69, 9.17) is 5.10 Å². The van der Waals surface area contributed by atoms with Crippen molar-refractivity contribution < 1.29 is 10.0 Å². The van der Waals surface area contributed by atoms with E-state index in [1.807, 2.05) is 17.1 Å². The Balaban J connectivity index is 1.22. The van der Waals surface area contributed by atoms with Gasteiger partial charge in [0, 0.05) is 24.1 Å². The van der Waals surface area contributed by atoms with Crippen LogP contribution in [0.25, 0.3) is 0 Å². The average molecular weight is 554 g/mol. The molecule has 1 heterocycles. The summed E-state index contributed by atoms with van der Waals surface area (Å²) >= 11 is 0. The van der Waals surface area contributed by atoms with E-state index >= 15 is 0 Å². The quantitative estimate of drug-likeness (QED) is 0.235. The highest BCUT2D eigenvalue weighted by molar-refractivity contribution is 5.92. The van der Waals surface area contributed by atoms with Crippen molar-refractivity contribution in [3.05, 3.63) is 81.4 Å². The fourth-order valence-electron chi connectivity index (χ4n) is 10.0. The van der Waals surface area contributed by atoms with Crippen LogP contribution >= 0.6 is 0 Å². The molecular weight excluding hydrogens is 510 g/mol. The molecule has 0 spiro atoms. The number of aliphatic hydroxyl groups is 1. The van der Waals surface area contributed by atoms with Crippen molar-refractivity contribution >= 4 is 17.1 Å². The van der Waals surface area contributed by atoms with Crippen LogP contribution in [-0.2, 0) is 0 Å². The molecule has 0 amide bonds. The van der Waals surface area contributed by atoms with Crippen LogP contribution in [0.4, 0.5) is 11.4 Å². The molecule has 5 aliphatic rings. The summed E-state index contributed by atoms with van der Waals surface area (Å²) in [6.45, 7) is 7.12. The number of nitro groups is 1. The van der Waals surface area contributed by atoms with Gasteiger partial charge in [-0.3, -0.25) is 15.1 Å². The molecule has 0 bridgehead atoms. The summed E-state index contributed by atoms with van der Waals surface area (Å²) in [4.78, 5) is 11.8. The minimum atomic E-state index is -0.279. The van der Waals surface area contributed by atoms with E-state index in [1.165, 1.54) is 36.1 Å². The van der Waals surface area contributed by atoms with E-state index in [1.54, 1.807) is 12.1 Å². The molecule has 0 aromatic heterocycles. The van der Waals surface area contributed by atoms with Crippen molar-refractivity contribution in [2.75, 3.05) is 5.01 Å². The number of aliphatic hydroxyl groups excluding tert-OH is 1. The number of anilines is 1. The van der Waals surface area contributed by atoms with Gasteiger partial charge in [-0.1, -0.05) is 67.5 Å². The van der Waals surface area contributed by atoms with Gasteiger partial charge in [0.05, 0.1) is 17.1 Å². The molecule has 7 rings (SSSR count). The summed E-state index contributed by atoms with van der Waals surface area (Å²) in [7, 11) is 0. The highest BCUT2D eigenvalue weighted by Gasteiger charge is 2.60. The van der Waals surface area contributed by atoms with Crippen LogP contribution < -0.4 is 5.01 Å². The van der Waals surface area contributed by atoms with Crippen LogP contribution in [0.1, 0.15) is 88.8 Å². The number of benzene rings is 2. The van der Waals surface area contributed by atoms with Gasteiger partial charge in [-0.05, 0) is 98.5 Å². The Bertz CT molecular complexity index is 1420. The van der Waals surface area contributed by atoms with E-state index in [-0.39, 0.29) is 33.6 Å². The number of para-hydroxylation sites is 2. The zero-order valence-corrected chi connectivity index (χ0v) is 24.6. The number of nitro benzene ring substituents is 1. The zero-order chi connectivity index (χ0) is 28.5. The van der Waals surface area contributed by atoms with Crippen LogP contribution in [0.15, 0.2) is 65.3 Å². The lowest BCUT2D eigenvalue weighted by Gasteiger charge is -2.58. The third-order valence-corrected chi connectivity index (χ3v) is 12.2. The number of nitrogens with zero attached hydrogens (tertiary/aromatic N) is 3. The summed E-state index contributed by atoms with van der Waals surface area (Å²) in [5, 5.41) is 29.7. The molecule has 1 N–H and O–H groups in total. The predicted molar refractivity (Wildman–Crippen MR) is 163 cm³/mol. The Hall–Kier alpha value is -2.99. The molecule has 1 aliphatic heterocycles. The number of hydrazone groups is 1. The van der Waals surface area contributed by atoms with Crippen LogP contribution in [0, 0.1) is 51.5 Å². The van der Waals surface area contributed by atoms with E-state index in [2.05, 4.69) is 51.1 Å². The Morgan fingerprint density at radius 1 is 0.976 bits per heavy atom. The van der Waals surface area contributed by atoms with E-state index in [9.17, 15) is 15.2 Å². The predicted octanol–water partition coefficient (Wildman–Crippen LogP) is 8.15. The third-order valence-electron chi connectivity index (χ3n) is 12.2. The van der Waals surface area contributed by atoms with E-state index in [0.717, 1.165) is 44.1 Å². The molecule has 2 aromatic rings. The molecule has 216 valence electrons. The van der Waals surface area contributed by atoms with Crippen molar-refractivity contribution in [2.24, 2.45) is 39.6 Å². The second-order valence-electron chi connectivity index (χ2n) is 14.1. The molecule has 2 aromatic carbocycles. The smallest absolute Gasteiger partial charge is 0.294 e. The second kappa shape index (κ2) is 9.79. The minimum absolute atomic E-state index is 0.0431. The maximum absolute atomic E-state index is 12.0. The molecule has 41 heavy (non-hydrogen) atoms. The first-order chi connectivity index (χ1) is 19.7. The molecule has 6 heteroatoms. The van der Waals surface area contributed by atoms with Gasteiger partial charge >= 0.3 is 0 Å². The Morgan fingerprint density at radius 2 is 1.76 bits per heavy atom. The van der Waals surface area contributed by atoms with Crippen molar-refractivity contribution in [2.45, 2.75) is 90.7 Å². The summed E-state index contributed by atoms with van der Waals surface area (Å²) in [5.74, 6) is 2.49. The minimum Gasteiger partial charge on any atom is -0.393 e. The Morgan fingerprint density at radius 3 is 2.54 bits per heavy atom. The van der Waals surface area contributed by atoms with Gasteiger partial charge in [0.15, 0.2) is 0 Å². The van der Waals surface area contributed by atoms with Crippen LogP contribution in [0.3, 0.4) is 0 Å². The van der Waals surface area contributed by atoms with E-state index < -0.39 is 0 Å². The van der Waals surface area contributed by atoms with Gasteiger partial charge in [-0.2, -0.15) is 5.10 Å². The molecule has 8 atom stereocenters. The molecule has 4 aliphatic carbocycles. The lowest BCUT2D eigenvalue weighted by atomic mass is 9.47. The fraction of sp³-hybridized carbons (Fsp3) is 0.571. The maximum atomic E-state index is 12.0. The standard InChI is InChI=1S/C35H43N3O3/c1-22-8-10-23(11-9-22)33-21-30(36-37(33)31-6-4-5-7-32(31)38(40)41)29-15-14-27-26-13-12-24-20-25(39)16-18-34(24,2)28(26)17-19-35(27,29)3/h4-12,25-29,33,39H,13-21H2,1-3H3/t25-,26-,27-,28-,29+,33?,34-,35-/m0/s1. The average Bonchev–Trinajstić information content (AvgIpc) is 3.55. The summed E-state index contributed by atoms with van der Waals surface area (Å²) in [6, 6.07) is 15.6. The molecule has 0 radical (unpaired) electrons. The molecule has 0 saturated heterocycles. The Kier molecular flexibility index (Phi) is 6.42. The molecular formula is C35H43N3O3. The number of fused-ring (bicyclic) bond motifs is 5. The van der Waals surface area contributed by atoms with Gasteiger partial charge in [0.1, 0.15) is 5.69 Å². The normalized spacial score (nSPS) is 38.0. The molecule has 3 fully saturated rings. The van der Waals surface area contributed by atoms with Crippen molar-refractivity contribution in [3.8, 4) is 0 Å². The SMILES string of the molecule is Cc1ccc(C2CC([C@H]3CC[C@H]4[C@@H]5CC=C6C[C@@H](O)CC[C@]6(C)[C@H]5CC[C@]34C)=NN2c2ccccc2[N+](=O)[O-])cc1. The van der Waals surface area contributed by atoms with Crippen LogP contribution in [0.5, 0.6) is 0 Å². The lowest BCUT2D eigenvalue weighted by Crippen LogP contribution is -2.51. The summed E-state index contributed by atoms with van der Waals surface area (Å²) in [6.07, 6.45) is 12.1. The molecule has 3 saturated carbocycles. The van der Waals surface area contributed by atoms with Gasteiger partial charge in [0.25, 0.3) is 5.69 Å². The first kappa shape index (κ1) is 26.9. The fourth-order valence-corrected chi connectivity index (χ4v) is 10.0. The summed E-state index contributed by atoms with van der Waals surface area (Å²) < 4.78 is 0. The second-order valence-corrected chi connectivity index (χ2v) is 14.1. The van der Waals surface area contributed by atoms with Crippen molar-refractivity contribution in [1.29, 1.82) is 0 Å². The monoisotopic (exact) mass is 553 g/mol. The van der Waals surface area contributed by atoms with Gasteiger partial charge in [-0.25, -0.2) is 0 Å². The molecule has 1 unspecified atom stereocenters. The highest BCUT2D eigenvalue weighted by atomic mass is 16.6. The number of hydrogen-bond acceptors (Lipinski definition) is 5. The first-order valence-corrected chi connectivity index (χ1v) is 15.7. The van der Waals surface area contributed by atoms with Crippen molar-refractivity contribution in [1.82, 2.24) is 0 Å². The maximum Gasteiger partial charge on any atom is 0.294 e. The number of aryl methyl sites for hydroxylation is 1.